The predicted molar refractivity (Wildman–Crippen MR) is 78.5 cm³/mol. The molecule has 0 aliphatic rings. The van der Waals surface area contributed by atoms with Gasteiger partial charge in [0.1, 0.15) is 0 Å². The van der Waals surface area contributed by atoms with Gasteiger partial charge in [-0.2, -0.15) is 9.97 Å². The molecule has 0 unspecified atom stereocenters. The van der Waals surface area contributed by atoms with Crippen LogP contribution in [0.3, 0.4) is 0 Å². The van der Waals surface area contributed by atoms with Crippen LogP contribution in [0.15, 0.2) is 46.7 Å². The quantitative estimate of drug-likeness (QED) is 0.480. The number of aromatic nitrogens is 2. The highest BCUT2D eigenvalue weighted by atomic mass is 19.1. The van der Waals surface area contributed by atoms with Crippen LogP contribution in [0.25, 0.3) is 0 Å². The summed E-state index contributed by atoms with van der Waals surface area (Å²) < 4.78 is 13.5. The maximum absolute atomic E-state index is 13.5. The molecule has 0 radical (unpaired) electrons. The van der Waals surface area contributed by atoms with Crippen LogP contribution in [0.4, 0.5) is 10.2 Å². The van der Waals surface area contributed by atoms with Crippen LogP contribution in [-0.2, 0) is 0 Å². The molecule has 2 aromatic rings. The van der Waals surface area contributed by atoms with E-state index in [9.17, 15) is 4.39 Å². The second kappa shape index (κ2) is 7.09. The molecule has 0 aliphatic heterocycles. The van der Waals surface area contributed by atoms with Gasteiger partial charge >= 0.3 is 6.01 Å². The third-order valence-electron chi connectivity index (χ3n) is 2.25. The second-order valence-corrected chi connectivity index (χ2v) is 4.27. The predicted octanol–water partition coefficient (Wildman–Crippen LogP) is 2.25. The molecule has 7 heteroatoms. The van der Waals surface area contributed by atoms with Crippen molar-refractivity contribution in [3.63, 3.8) is 0 Å². The molecule has 6 nitrogen and oxygen atoms in total. The van der Waals surface area contributed by atoms with Crippen molar-refractivity contribution in [1.82, 2.24) is 14.9 Å². The van der Waals surface area contributed by atoms with E-state index >= 15 is 0 Å². The van der Waals surface area contributed by atoms with E-state index in [1.54, 1.807) is 19.0 Å². The first kappa shape index (κ1) is 14.6. The zero-order chi connectivity index (χ0) is 15.1. The van der Waals surface area contributed by atoms with Gasteiger partial charge < -0.3 is 9.74 Å². The molecular formula is C14H14FN5O. The lowest BCUT2D eigenvalue weighted by Gasteiger charge is -2.03. The highest BCUT2D eigenvalue weighted by Gasteiger charge is 2.06. The number of nitrogens with zero attached hydrogens (tertiary/aromatic N) is 5. The summed E-state index contributed by atoms with van der Waals surface area (Å²) in [5.74, 6) is -0.740. The van der Waals surface area contributed by atoms with Gasteiger partial charge in [0, 0.05) is 14.1 Å². The monoisotopic (exact) mass is 287 g/mol. The summed E-state index contributed by atoms with van der Waals surface area (Å²) in [7, 11) is 3.54. The molecule has 0 fully saturated rings. The molecule has 1 aromatic carbocycles. The summed E-state index contributed by atoms with van der Waals surface area (Å²) in [6.45, 7) is 0. The molecular weight excluding hydrogens is 273 g/mol. The molecule has 1 aromatic heterocycles. The molecule has 108 valence electrons. The summed E-state index contributed by atoms with van der Waals surface area (Å²) in [4.78, 5) is 18.1. The minimum Gasteiger partial charge on any atom is -0.369 e. The standard InChI is InChI=1S/C14H14FN5O/c1-20(2)10-17-13-12(15)9-16-14(19-13)21-18-8-11-6-4-3-5-7-11/h3-10H,1-2H3. The van der Waals surface area contributed by atoms with Crippen molar-refractivity contribution in [1.29, 1.82) is 0 Å². The van der Waals surface area contributed by atoms with Gasteiger partial charge in [-0.05, 0) is 5.56 Å². The Labute approximate surface area is 121 Å². The largest absolute Gasteiger partial charge is 0.369 e. The maximum Gasteiger partial charge on any atom is 0.347 e. The van der Waals surface area contributed by atoms with Crippen molar-refractivity contribution >= 4 is 18.4 Å². The van der Waals surface area contributed by atoms with Crippen LogP contribution in [-0.4, -0.2) is 41.5 Å². The highest BCUT2D eigenvalue weighted by Crippen LogP contribution is 2.16. The van der Waals surface area contributed by atoms with Crippen molar-refractivity contribution in [2.45, 2.75) is 0 Å². The second-order valence-electron chi connectivity index (χ2n) is 4.27. The number of rotatable bonds is 5. The Bertz CT molecular complexity index is 643. The van der Waals surface area contributed by atoms with Crippen molar-refractivity contribution < 1.29 is 9.23 Å². The number of oxime groups is 1. The molecule has 0 N–H and O–H groups in total. The summed E-state index contributed by atoms with van der Waals surface area (Å²) in [5, 5.41) is 3.74. The number of aliphatic imine (C=N–C) groups is 1. The van der Waals surface area contributed by atoms with E-state index in [1.807, 2.05) is 30.3 Å². The Morgan fingerprint density at radius 2 is 2.00 bits per heavy atom. The minimum absolute atomic E-state index is 0.0745. The van der Waals surface area contributed by atoms with Gasteiger partial charge in [0.25, 0.3) is 0 Å². The van der Waals surface area contributed by atoms with E-state index in [4.69, 9.17) is 4.84 Å². The highest BCUT2D eigenvalue weighted by molar-refractivity contribution is 5.78. The van der Waals surface area contributed by atoms with Gasteiger partial charge in [-0.3, -0.25) is 0 Å². The van der Waals surface area contributed by atoms with E-state index in [0.29, 0.717) is 0 Å². The molecule has 0 atom stereocenters. The first-order valence-corrected chi connectivity index (χ1v) is 6.14. The first-order chi connectivity index (χ1) is 10.1. The van der Waals surface area contributed by atoms with Crippen molar-refractivity contribution in [2.24, 2.45) is 10.1 Å². The third-order valence-corrected chi connectivity index (χ3v) is 2.25. The van der Waals surface area contributed by atoms with E-state index in [-0.39, 0.29) is 11.8 Å². The lowest BCUT2D eigenvalue weighted by molar-refractivity contribution is 0.313. The van der Waals surface area contributed by atoms with Gasteiger partial charge in [0.15, 0.2) is 11.6 Å². The average molecular weight is 287 g/mol. The fraction of sp³-hybridized carbons (Fsp3) is 0.143. The minimum atomic E-state index is -0.632. The number of halogens is 1. The maximum atomic E-state index is 13.5. The average Bonchev–Trinajstić information content (AvgIpc) is 2.48. The van der Waals surface area contributed by atoms with Crippen LogP contribution < -0.4 is 4.84 Å². The van der Waals surface area contributed by atoms with Crippen molar-refractivity contribution in [2.75, 3.05) is 14.1 Å². The topological polar surface area (TPSA) is 63.0 Å². The Kier molecular flexibility index (Phi) is 4.92. The number of benzene rings is 1. The Balaban J connectivity index is 2.07. The fourth-order valence-electron chi connectivity index (χ4n) is 1.32. The van der Waals surface area contributed by atoms with E-state index in [0.717, 1.165) is 11.8 Å². The number of hydrogen-bond donors (Lipinski definition) is 0. The molecule has 0 spiro atoms. The van der Waals surface area contributed by atoms with Gasteiger partial charge in [-0.25, -0.2) is 9.38 Å². The Morgan fingerprint density at radius 3 is 2.71 bits per heavy atom. The van der Waals surface area contributed by atoms with Crippen LogP contribution in [0.1, 0.15) is 5.56 Å². The van der Waals surface area contributed by atoms with Gasteiger partial charge in [0.2, 0.25) is 0 Å². The summed E-state index contributed by atoms with van der Waals surface area (Å²) in [6.07, 6.45) is 3.93. The summed E-state index contributed by atoms with van der Waals surface area (Å²) in [5.41, 5.74) is 0.866. The Hall–Kier alpha value is -2.83. The summed E-state index contributed by atoms with van der Waals surface area (Å²) in [6, 6.07) is 9.31. The van der Waals surface area contributed by atoms with Crippen LogP contribution in [0.5, 0.6) is 6.01 Å². The molecule has 0 saturated carbocycles. The van der Waals surface area contributed by atoms with Crippen molar-refractivity contribution in [3.8, 4) is 6.01 Å². The molecule has 0 bridgehead atoms. The summed E-state index contributed by atoms with van der Waals surface area (Å²) >= 11 is 0. The van der Waals surface area contributed by atoms with Crippen molar-refractivity contribution in [3.05, 3.63) is 47.9 Å². The van der Waals surface area contributed by atoms with Gasteiger partial charge in [-0.1, -0.05) is 35.5 Å². The van der Waals surface area contributed by atoms with Crippen LogP contribution in [0.2, 0.25) is 0 Å². The Morgan fingerprint density at radius 1 is 1.24 bits per heavy atom. The zero-order valence-corrected chi connectivity index (χ0v) is 11.6. The van der Waals surface area contributed by atoms with E-state index in [1.165, 1.54) is 12.6 Å². The molecule has 0 saturated heterocycles. The molecule has 2 rings (SSSR count). The number of hydrogen-bond acceptors (Lipinski definition) is 5. The normalized spacial score (nSPS) is 11.2. The zero-order valence-electron chi connectivity index (χ0n) is 11.6. The molecule has 1 heterocycles. The fourth-order valence-corrected chi connectivity index (χ4v) is 1.32. The molecule has 21 heavy (non-hydrogen) atoms. The van der Waals surface area contributed by atoms with Crippen LogP contribution >= 0.6 is 0 Å². The van der Waals surface area contributed by atoms with E-state index < -0.39 is 5.82 Å². The lowest BCUT2D eigenvalue weighted by Crippen LogP contribution is -2.07. The first-order valence-electron chi connectivity index (χ1n) is 6.14. The molecule has 0 amide bonds. The third kappa shape index (κ3) is 4.64. The van der Waals surface area contributed by atoms with Crippen LogP contribution in [0, 0.1) is 5.82 Å². The van der Waals surface area contributed by atoms with Gasteiger partial charge in [0.05, 0.1) is 18.7 Å². The smallest absolute Gasteiger partial charge is 0.347 e. The lowest BCUT2D eigenvalue weighted by atomic mass is 10.2. The van der Waals surface area contributed by atoms with E-state index in [2.05, 4.69) is 20.1 Å². The van der Waals surface area contributed by atoms with Gasteiger partial charge in [-0.15, -0.1) is 0 Å². The molecule has 0 aliphatic carbocycles. The SMILES string of the molecule is CN(C)C=Nc1nc(ON=Cc2ccccc2)ncc1F.